The van der Waals surface area contributed by atoms with E-state index >= 15 is 0 Å². The zero-order chi connectivity index (χ0) is 12.4. The van der Waals surface area contributed by atoms with Gasteiger partial charge in [-0.05, 0) is 35.4 Å². The molecule has 0 spiro atoms. The quantitative estimate of drug-likeness (QED) is 0.867. The zero-order valence-electron chi connectivity index (χ0n) is 8.70. The molecule has 1 nitrogen and oxygen atoms in total. The van der Waals surface area contributed by atoms with Crippen LogP contribution in [0.4, 0.5) is 4.39 Å². The van der Waals surface area contributed by atoms with Crippen LogP contribution in [0, 0.1) is 5.82 Å². The molecule has 4 heteroatoms. The van der Waals surface area contributed by atoms with E-state index in [1.807, 2.05) is 0 Å². The SMILES string of the molecule is O[C@@H](c1ccc(F)cc1)c1ccc(Cl)c(Cl)c1. The second-order valence-electron chi connectivity index (χ2n) is 3.63. The second kappa shape index (κ2) is 5.05. The molecule has 0 saturated carbocycles. The number of rotatable bonds is 2. The number of halogens is 3. The van der Waals surface area contributed by atoms with Crippen molar-refractivity contribution in [1.82, 2.24) is 0 Å². The highest BCUT2D eigenvalue weighted by Crippen LogP contribution is 2.28. The molecule has 0 radical (unpaired) electrons. The fourth-order valence-corrected chi connectivity index (χ4v) is 1.83. The topological polar surface area (TPSA) is 20.2 Å². The van der Waals surface area contributed by atoms with Crippen LogP contribution in [0.1, 0.15) is 17.2 Å². The molecule has 0 fully saturated rings. The molecule has 0 aliphatic rings. The van der Waals surface area contributed by atoms with Crippen molar-refractivity contribution in [2.24, 2.45) is 0 Å². The maximum absolute atomic E-state index is 12.7. The van der Waals surface area contributed by atoms with Crippen molar-refractivity contribution in [3.8, 4) is 0 Å². The van der Waals surface area contributed by atoms with Gasteiger partial charge in [0.15, 0.2) is 0 Å². The van der Waals surface area contributed by atoms with Gasteiger partial charge in [0, 0.05) is 0 Å². The van der Waals surface area contributed by atoms with Crippen LogP contribution in [0.2, 0.25) is 10.0 Å². The summed E-state index contributed by atoms with van der Waals surface area (Å²) >= 11 is 11.7. The van der Waals surface area contributed by atoms with Crippen molar-refractivity contribution in [2.75, 3.05) is 0 Å². The Morgan fingerprint density at radius 2 is 1.47 bits per heavy atom. The van der Waals surface area contributed by atoms with Gasteiger partial charge in [0.05, 0.1) is 10.0 Å². The smallest absolute Gasteiger partial charge is 0.123 e. The summed E-state index contributed by atoms with van der Waals surface area (Å²) in [6, 6.07) is 10.6. The van der Waals surface area contributed by atoms with Gasteiger partial charge in [-0.15, -0.1) is 0 Å². The summed E-state index contributed by atoms with van der Waals surface area (Å²) < 4.78 is 12.7. The molecular weight excluding hydrogens is 262 g/mol. The van der Waals surface area contributed by atoms with Gasteiger partial charge in [0.25, 0.3) is 0 Å². The minimum Gasteiger partial charge on any atom is -0.384 e. The first-order valence-corrected chi connectivity index (χ1v) is 5.72. The van der Waals surface area contributed by atoms with Crippen LogP contribution in [0.5, 0.6) is 0 Å². The molecule has 0 aliphatic carbocycles. The van der Waals surface area contributed by atoms with Crippen LogP contribution in [0.15, 0.2) is 42.5 Å². The molecule has 2 aromatic rings. The van der Waals surface area contributed by atoms with Gasteiger partial charge >= 0.3 is 0 Å². The molecule has 0 amide bonds. The Morgan fingerprint density at radius 3 is 2.06 bits per heavy atom. The molecular formula is C13H9Cl2FO. The monoisotopic (exact) mass is 270 g/mol. The molecule has 0 unspecified atom stereocenters. The van der Waals surface area contributed by atoms with Crippen LogP contribution in [-0.2, 0) is 0 Å². The largest absolute Gasteiger partial charge is 0.384 e. The van der Waals surface area contributed by atoms with Crippen LogP contribution in [0.25, 0.3) is 0 Å². The van der Waals surface area contributed by atoms with E-state index in [1.165, 1.54) is 24.3 Å². The standard InChI is InChI=1S/C13H9Cl2FO/c14-11-6-3-9(7-12(11)15)13(17)8-1-4-10(16)5-2-8/h1-7,13,17H/t13-/m0/s1. The lowest BCUT2D eigenvalue weighted by molar-refractivity contribution is 0.220. The number of benzene rings is 2. The van der Waals surface area contributed by atoms with E-state index in [0.29, 0.717) is 21.2 Å². The van der Waals surface area contributed by atoms with Crippen LogP contribution in [0.3, 0.4) is 0 Å². The molecule has 0 heterocycles. The lowest BCUT2D eigenvalue weighted by atomic mass is 10.0. The van der Waals surface area contributed by atoms with Crippen molar-refractivity contribution >= 4 is 23.2 Å². The summed E-state index contributed by atoms with van der Waals surface area (Å²) in [7, 11) is 0. The third-order valence-corrected chi connectivity index (χ3v) is 3.18. The molecule has 17 heavy (non-hydrogen) atoms. The van der Waals surface area contributed by atoms with E-state index in [1.54, 1.807) is 18.2 Å². The van der Waals surface area contributed by atoms with Crippen LogP contribution >= 0.6 is 23.2 Å². The van der Waals surface area contributed by atoms with Gasteiger partial charge in [-0.3, -0.25) is 0 Å². The molecule has 1 N–H and O–H groups in total. The number of hydrogen-bond acceptors (Lipinski definition) is 1. The van der Waals surface area contributed by atoms with E-state index < -0.39 is 6.10 Å². The molecule has 0 bridgehead atoms. The summed E-state index contributed by atoms with van der Waals surface area (Å²) in [5, 5.41) is 10.9. The first-order valence-electron chi connectivity index (χ1n) is 4.96. The molecule has 0 aromatic heterocycles. The molecule has 2 aromatic carbocycles. The number of aliphatic hydroxyl groups excluding tert-OH is 1. The summed E-state index contributed by atoms with van der Waals surface area (Å²) in [4.78, 5) is 0. The Kier molecular flexibility index (Phi) is 3.67. The fraction of sp³-hybridized carbons (Fsp3) is 0.0769. The van der Waals surface area contributed by atoms with E-state index in [2.05, 4.69) is 0 Å². The fourth-order valence-electron chi connectivity index (χ4n) is 1.52. The van der Waals surface area contributed by atoms with Gasteiger partial charge in [0.1, 0.15) is 11.9 Å². The maximum atomic E-state index is 12.7. The first-order chi connectivity index (χ1) is 8.08. The Balaban J connectivity index is 2.33. The summed E-state index contributed by atoms with van der Waals surface area (Å²) in [6.45, 7) is 0. The molecule has 0 aliphatic heterocycles. The minimum atomic E-state index is -0.842. The summed E-state index contributed by atoms with van der Waals surface area (Å²) in [5.74, 6) is -0.338. The Hall–Kier alpha value is -1.09. The number of aliphatic hydroxyl groups is 1. The number of hydrogen-bond donors (Lipinski definition) is 1. The van der Waals surface area contributed by atoms with Gasteiger partial charge in [-0.2, -0.15) is 0 Å². The molecule has 1 atom stereocenters. The highest BCUT2D eigenvalue weighted by molar-refractivity contribution is 6.42. The van der Waals surface area contributed by atoms with E-state index in [0.717, 1.165) is 0 Å². The lowest BCUT2D eigenvalue weighted by Crippen LogP contribution is -1.99. The van der Waals surface area contributed by atoms with E-state index in [-0.39, 0.29) is 5.82 Å². The van der Waals surface area contributed by atoms with Crippen molar-refractivity contribution < 1.29 is 9.50 Å². The van der Waals surface area contributed by atoms with Gasteiger partial charge in [-0.25, -0.2) is 4.39 Å². The van der Waals surface area contributed by atoms with Crippen LogP contribution < -0.4 is 0 Å². The molecule has 88 valence electrons. The Labute approximate surface area is 108 Å². The van der Waals surface area contributed by atoms with Crippen molar-refractivity contribution in [3.05, 3.63) is 69.5 Å². The van der Waals surface area contributed by atoms with Crippen LogP contribution in [-0.4, -0.2) is 5.11 Å². The van der Waals surface area contributed by atoms with Crippen molar-refractivity contribution in [1.29, 1.82) is 0 Å². The summed E-state index contributed by atoms with van der Waals surface area (Å²) in [6.07, 6.45) is -0.842. The maximum Gasteiger partial charge on any atom is 0.123 e. The predicted molar refractivity (Wildman–Crippen MR) is 66.9 cm³/mol. The average molecular weight is 271 g/mol. The average Bonchev–Trinajstić information content (AvgIpc) is 2.33. The first kappa shape index (κ1) is 12.4. The molecule has 2 rings (SSSR count). The Morgan fingerprint density at radius 1 is 0.882 bits per heavy atom. The van der Waals surface area contributed by atoms with Crippen molar-refractivity contribution in [2.45, 2.75) is 6.10 Å². The predicted octanol–water partition coefficient (Wildman–Crippen LogP) is 4.21. The minimum absolute atomic E-state index is 0.338. The van der Waals surface area contributed by atoms with Gasteiger partial charge in [0.2, 0.25) is 0 Å². The van der Waals surface area contributed by atoms with Crippen molar-refractivity contribution in [3.63, 3.8) is 0 Å². The summed E-state index contributed by atoms with van der Waals surface area (Å²) in [5.41, 5.74) is 1.22. The zero-order valence-corrected chi connectivity index (χ0v) is 10.2. The third-order valence-electron chi connectivity index (χ3n) is 2.45. The highest BCUT2D eigenvalue weighted by Gasteiger charge is 2.11. The normalized spacial score (nSPS) is 12.5. The van der Waals surface area contributed by atoms with E-state index in [9.17, 15) is 9.50 Å². The van der Waals surface area contributed by atoms with Gasteiger partial charge < -0.3 is 5.11 Å². The second-order valence-corrected chi connectivity index (χ2v) is 4.44. The Bertz CT molecular complexity index is 525. The van der Waals surface area contributed by atoms with E-state index in [4.69, 9.17) is 23.2 Å². The lowest BCUT2D eigenvalue weighted by Gasteiger charge is -2.12. The van der Waals surface area contributed by atoms with Gasteiger partial charge in [-0.1, -0.05) is 41.4 Å². The highest BCUT2D eigenvalue weighted by atomic mass is 35.5. The third kappa shape index (κ3) is 2.78. The molecule has 0 saturated heterocycles.